The first-order valence-corrected chi connectivity index (χ1v) is 10.4. The molecular weight excluding hydrogens is 396 g/mol. The largest absolute Gasteiger partial charge is 0.451 e. The maximum absolute atomic E-state index is 12.8. The van der Waals surface area contributed by atoms with Crippen LogP contribution < -0.4 is 9.80 Å². The number of amides is 2. The van der Waals surface area contributed by atoms with Crippen LogP contribution in [-0.2, 0) is 20.7 Å². The summed E-state index contributed by atoms with van der Waals surface area (Å²) >= 11 is 0. The summed E-state index contributed by atoms with van der Waals surface area (Å²) in [4.78, 5) is 52.2. The van der Waals surface area contributed by atoms with Gasteiger partial charge in [-0.25, -0.2) is 4.79 Å². The summed E-state index contributed by atoms with van der Waals surface area (Å²) in [6, 6.07) is 11.8. The molecule has 1 fully saturated rings. The molecule has 2 amide bonds. The van der Waals surface area contributed by atoms with Gasteiger partial charge in [0.2, 0.25) is 17.6 Å². The Hall–Kier alpha value is -3.48. The van der Waals surface area contributed by atoms with Crippen LogP contribution in [-0.4, -0.2) is 42.8 Å². The van der Waals surface area contributed by atoms with Gasteiger partial charge in [-0.15, -0.1) is 0 Å². The molecule has 2 aliphatic heterocycles. The summed E-state index contributed by atoms with van der Waals surface area (Å²) in [7, 11) is 0. The molecule has 2 aromatic carbocycles. The van der Waals surface area contributed by atoms with Crippen molar-refractivity contribution in [1.29, 1.82) is 0 Å². The molecular formula is C24H24N2O5. The lowest BCUT2D eigenvalue weighted by atomic mass is 10.0. The molecule has 0 N–H and O–H groups in total. The lowest BCUT2D eigenvalue weighted by Crippen LogP contribution is -2.26. The van der Waals surface area contributed by atoms with Gasteiger partial charge in [0.15, 0.2) is 6.10 Å². The van der Waals surface area contributed by atoms with E-state index in [0.717, 1.165) is 23.4 Å². The number of anilines is 2. The summed E-state index contributed by atoms with van der Waals surface area (Å²) in [5, 5.41) is 0. The Balaban J connectivity index is 1.41. The van der Waals surface area contributed by atoms with Gasteiger partial charge in [-0.1, -0.05) is 0 Å². The molecule has 31 heavy (non-hydrogen) atoms. The highest BCUT2D eigenvalue weighted by Crippen LogP contribution is 2.29. The zero-order valence-electron chi connectivity index (χ0n) is 17.6. The van der Waals surface area contributed by atoms with E-state index in [4.69, 9.17) is 4.74 Å². The van der Waals surface area contributed by atoms with Crippen LogP contribution in [0, 0.1) is 0 Å². The van der Waals surface area contributed by atoms with Crippen LogP contribution >= 0.6 is 0 Å². The van der Waals surface area contributed by atoms with Gasteiger partial charge < -0.3 is 14.5 Å². The highest BCUT2D eigenvalue weighted by atomic mass is 16.5. The molecule has 4 rings (SSSR count). The van der Waals surface area contributed by atoms with Crippen LogP contribution in [0.3, 0.4) is 0 Å². The van der Waals surface area contributed by atoms with E-state index in [1.54, 1.807) is 59.2 Å². The fourth-order valence-electron chi connectivity index (χ4n) is 4.10. The molecule has 1 unspecified atom stereocenters. The summed E-state index contributed by atoms with van der Waals surface area (Å²) in [6.45, 7) is 4.35. The molecule has 7 heteroatoms. The maximum atomic E-state index is 12.8. The van der Waals surface area contributed by atoms with Gasteiger partial charge in [0.05, 0.1) is 5.56 Å². The summed E-state index contributed by atoms with van der Waals surface area (Å²) in [5.41, 5.74) is 3.28. The monoisotopic (exact) mass is 420 g/mol. The first-order valence-electron chi connectivity index (χ1n) is 10.4. The molecule has 1 saturated heterocycles. The van der Waals surface area contributed by atoms with Gasteiger partial charge in [-0.3, -0.25) is 14.4 Å². The number of rotatable bonds is 5. The van der Waals surface area contributed by atoms with E-state index in [1.165, 1.54) is 6.92 Å². The number of carbonyl (C=O) groups is 4. The number of carbonyl (C=O) groups excluding carboxylic acids is 4. The van der Waals surface area contributed by atoms with Crippen LogP contribution in [0.25, 0.3) is 0 Å². The number of ether oxygens (including phenoxy) is 1. The molecule has 2 aromatic rings. The van der Waals surface area contributed by atoms with Crippen molar-refractivity contribution in [2.75, 3.05) is 22.9 Å². The fraction of sp³-hybridized carbons (Fsp3) is 0.333. The minimum atomic E-state index is -0.948. The molecule has 0 saturated carbocycles. The normalized spacial score (nSPS) is 16.3. The number of fused-ring (bicyclic) bond motifs is 1. The maximum Gasteiger partial charge on any atom is 0.338 e. The van der Waals surface area contributed by atoms with E-state index in [0.29, 0.717) is 37.1 Å². The smallest absolute Gasteiger partial charge is 0.338 e. The molecule has 160 valence electrons. The average Bonchev–Trinajstić information content (AvgIpc) is 3.38. The minimum Gasteiger partial charge on any atom is -0.451 e. The Morgan fingerprint density at radius 3 is 2.32 bits per heavy atom. The second-order valence-corrected chi connectivity index (χ2v) is 7.87. The topological polar surface area (TPSA) is 84.0 Å². The second-order valence-electron chi connectivity index (χ2n) is 7.87. The highest BCUT2D eigenvalue weighted by Gasteiger charge is 2.26. The lowest BCUT2D eigenvalue weighted by molar-refractivity contribution is -0.117. The summed E-state index contributed by atoms with van der Waals surface area (Å²) in [5.74, 6) is -0.837. The number of hydrogen-bond acceptors (Lipinski definition) is 5. The van der Waals surface area contributed by atoms with E-state index < -0.39 is 12.1 Å². The van der Waals surface area contributed by atoms with Crippen molar-refractivity contribution in [2.45, 2.75) is 39.2 Å². The van der Waals surface area contributed by atoms with Gasteiger partial charge in [-0.2, -0.15) is 0 Å². The van der Waals surface area contributed by atoms with Crippen LogP contribution in [0.15, 0.2) is 42.5 Å². The molecule has 0 aromatic heterocycles. The molecule has 0 spiro atoms. The Morgan fingerprint density at radius 1 is 0.968 bits per heavy atom. The quantitative estimate of drug-likeness (QED) is 0.548. The van der Waals surface area contributed by atoms with Gasteiger partial charge in [0.1, 0.15) is 0 Å². The number of nitrogens with zero attached hydrogens (tertiary/aromatic N) is 2. The van der Waals surface area contributed by atoms with Crippen LogP contribution in [0.5, 0.6) is 0 Å². The first-order chi connectivity index (χ1) is 14.8. The zero-order chi connectivity index (χ0) is 22.1. The standard InChI is InChI=1S/C24H24N2O5/c1-15(23(29)19-7-10-21-18(14-19)11-13-25(21)16(2)27)31-24(30)17-5-8-20(9-6-17)26-12-3-4-22(26)28/h5-10,14-15H,3-4,11-13H2,1-2H3. The Bertz CT molecular complexity index is 1060. The van der Waals surface area contributed by atoms with E-state index in [2.05, 4.69) is 0 Å². The predicted molar refractivity (Wildman–Crippen MR) is 115 cm³/mol. The third-order valence-corrected chi connectivity index (χ3v) is 5.78. The number of ketones is 1. The zero-order valence-corrected chi connectivity index (χ0v) is 17.6. The lowest BCUT2D eigenvalue weighted by Gasteiger charge is -2.17. The molecule has 0 bridgehead atoms. The van der Waals surface area contributed by atoms with E-state index in [9.17, 15) is 19.2 Å². The molecule has 2 aliphatic rings. The van der Waals surface area contributed by atoms with Crippen molar-refractivity contribution in [3.8, 4) is 0 Å². The SMILES string of the molecule is CC(=O)N1CCc2cc(C(=O)C(C)OC(=O)c3ccc(N4CCCC4=O)cc3)ccc21. The van der Waals surface area contributed by atoms with Gasteiger partial charge >= 0.3 is 5.97 Å². The van der Waals surface area contributed by atoms with Crippen molar-refractivity contribution in [3.05, 3.63) is 59.2 Å². The Labute approximate surface area is 180 Å². The number of Topliss-reactive ketones (excluding diaryl/α,β-unsaturated/α-hetero) is 1. The van der Waals surface area contributed by atoms with Gasteiger partial charge in [-0.05, 0) is 67.8 Å². The number of benzene rings is 2. The van der Waals surface area contributed by atoms with E-state index >= 15 is 0 Å². The van der Waals surface area contributed by atoms with Crippen LogP contribution in [0.1, 0.15) is 53.0 Å². The van der Waals surface area contributed by atoms with Gasteiger partial charge in [0, 0.05) is 43.4 Å². The molecule has 2 heterocycles. The third-order valence-electron chi connectivity index (χ3n) is 5.78. The molecule has 0 aliphatic carbocycles. The predicted octanol–water partition coefficient (Wildman–Crippen LogP) is 3.15. The van der Waals surface area contributed by atoms with E-state index in [-0.39, 0.29) is 17.6 Å². The van der Waals surface area contributed by atoms with Crippen molar-refractivity contribution in [2.24, 2.45) is 0 Å². The number of esters is 1. The van der Waals surface area contributed by atoms with Crippen molar-refractivity contribution in [3.63, 3.8) is 0 Å². The second kappa shape index (κ2) is 8.34. The Kier molecular flexibility index (Phi) is 5.59. The molecule has 0 radical (unpaired) electrons. The van der Waals surface area contributed by atoms with Crippen LogP contribution in [0.2, 0.25) is 0 Å². The number of hydrogen-bond donors (Lipinski definition) is 0. The molecule has 7 nitrogen and oxygen atoms in total. The van der Waals surface area contributed by atoms with E-state index in [1.807, 2.05) is 0 Å². The summed E-state index contributed by atoms with van der Waals surface area (Å²) < 4.78 is 5.38. The van der Waals surface area contributed by atoms with Gasteiger partial charge in [0.25, 0.3) is 0 Å². The average molecular weight is 420 g/mol. The van der Waals surface area contributed by atoms with Crippen molar-refractivity contribution < 1.29 is 23.9 Å². The molecule has 1 atom stereocenters. The minimum absolute atomic E-state index is 0.0276. The van der Waals surface area contributed by atoms with Crippen molar-refractivity contribution >= 4 is 34.9 Å². The summed E-state index contributed by atoms with van der Waals surface area (Å²) in [6.07, 6.45) is 1.11. The Morgan fingerprint density at radius 2 is 1.68 bits per heavy atom. The van der Waals surface area contributed by atoms with Crippen molar-refractivity contribution in [1.82, 2.24) is 0 Å². The van der Waals surface area contributed by atoms with Crippen LogP contribution in [0.4, 0.5) is 11.4 Å². The highest BCUT2D eigenvalue weighted by molar-refractivity contribution is 6.03. The first kappa shape index (κ1) is 20.8. The fourth-order valence-corrected chi connectivity index (χ4v) is 4.10. The third kappa shape index (κ3) is 4.08.